The van der Waals surface area contributed by atoms with Crippen molar-refractivity contribution >= 4 is 23.2 Å². The van der Waals surface area contributed by atoms with Crippen molar-refractivity contribution < 1.29 is 28.2 Å². The van der Waals surface area contributed by atoms with Crippen LogP contribution in [-0.4, -0.2) is 23.3 Å². The smallest absolute Gasteiger partial charge is 0.387 e. The monoisotopic (exact) mass is 326 g/mol. The maximum Gasteiger partial charge on any atom is 0.387 e. The molecule has 2 rings (SSSR count). The molecule has 0 fully saturated rings. The summed E-state index contributed by atoms with van der Waals surface area (Å²) in [5, 5.41) is 9.09. The summed E-state index contributed by atoms with van der Waals surface area (Å²) in [5.41, 5.74) is -0.0611. The molecule has 0 saturated heterocycles. The van der Waals surface area contributed by atoms with Crippen LogP contribution in [0, 0.1) is 0 Å². The van der Waals surface area contributed by atoms with Crippen LogP contribution < -0.4 is 4.74 Å². The van der Waals surface area contributed by atoms with Crippen LogP contribution in [0.15, 0.2) is 42.5 Å². The molecule has 0 saturated carbocycles. The van der Waals surface area contributed by atoms with E-state index in [4.69, 9.17) is 11.6 Å². The number of phenolic OH excluding ortho intramolecular Hbond substituents is 1. The van der Waals surface area contributed by atoms with Crippen LogP contribution in [0.4, 0.5) is 8.78 Å². The Kier molecular flexibility index (Phi) is 4.72. The van der Waals surface area contributed by atoms with Crippen molar-refractivity contribution in [3.63, 3.8) is 0 Å². The highest BCUT2D eigenvalue weighted by molar-refractivity contribution is 6.49. The van der Waals surface area contributed by atoms with E-state index in [9.17, 15) is 23.5 Å². The summed E-state index contributed by atoms with van der Waals surface area (Å²) in [6.07, 6.45) is 0. The first-order valence-electron chi connectivity index (χ1n) is 6.01. The van der Waals surface area contributed by atoms with Gasteiger partial charge in [0.2, 0.25) is 11.6 Å². The van der Waals surface area contributed by atoms with E-state index in [1.165, 1.54) is 18.2 Å². The molecule has 7 heteroatoms. The van der Waals surface area contributed by atoms with E-state index in [0.717, 1.165) is 24.3 Å². The second kappa shape index (κ2) is 6.53. The van der Waals surface area contributed by atoms with Crippen LogP contribution in [0.5, 0.6) is 11.5 Å². The Hall–Kier alpha value is -2.47. The Morgan fingerprint density at radius 3 is 2.23 bits per heavy atom. The maximum absolute atomic E-state index is 12.1. The Labute approximate surface area is 128 Å². The van der Waals surface area contributed by atoms with Gasteiger partial charge in [0.25, 0.3) is 0 Å². The SMILES string of the molecule is O=C(C(=O)c1ccc(OC(F)F)c(Cl)c1)c1cccc(O)c1. The van der Waals surface area contributed by atoms with E-state index in [2.05, 4.69) is 4.74 Å². The minimum absolute atomic E-state index is 0.00836. The van der Waals surface area contributed by atoms with E-state index >= 15 is 0 Å². The average Bonchev–Trinajstić information content (AvgIpc) is 2.47. The highest BCUT2D eigenvalue weighted by Crippen LogP contribution is 2.27. The van der Waals surface area contributed by atoms with Crippen molar-refractivity contribution in [1.82, 2.24) is 0 Å². The van der Waals surface area contributed by atoms with Crippen molar-refractivity contribution in [3.8, 4) is 11.5 Å². The van der Waals surface area contributed by atoms with Crippen LogP contribution in [0.1, 0.15) is 20.7 Å². The summed E-state index contributed by atoms with van der Waals surface area (Å²) in [6, 6.07) is 8.61. The van der Waals surface area contributed by atoms with Gasteiger partial charge in [0.05, 0.1) is 5.02 Å². The summed E-state index contributed by atoms with van der Waals surface area (Å²) >= 11 is 5.73. The first-order chi connectivity index (χ1) is 10.4. The van der Waals surface area contributed by atoms with Gasteiger partial charge in [0.15, 0.2) is 0 Å². The molecule has 4 nitrogen and oxygen atoms in total. The number of halogens is 3. The fourth-order valence-corrected chi connectivity index (χ4v) is 1.97. The number of carbonyl (C=O) groups is 2. The van der Waals surface area contributed by atoms with Crippen molar-refractivity contribution in [2.24, 2.45) is 0 Å². The summed E-state index contributed by atoms with van der Waals surface area (Å²) in [4.78, 5) is 24.1. The summed E-state index contributed by atoms with van der Waals surface area (Å²) in [7, 11) is 0. The molecule has 2 aromatic carbocycles. The number of aromatic hydroxyl groups is 1. The lowest BCUT2D eigenvalue weighted by Gasteiger charge is -2.08. The predicted molar refractivity (Wildman–Crippen MR) is 74.9 cm³/mol. The molecule has 2 aromatic rings. The molecular weight excluding hydrogens is 318 g/mol. The van der Waals surface area contributed by atoms with Gasteiger partial charge in [-0.15, -0.1) is 0 Å². The summed E-state index contributed by atoms with van der Waals surface area (Å²) < 4.78 is 28.4. The van der Waals surface area contributed by atoms with Crippen molar-refractivity contribution in [1.29, 1.82) is 0 Å². The second-order valence-electron chi connectivity index (χ2n) is 4.23. The lowest BCUT2D eigenvalue weighted by atomic mass is 10.0. The molecule has 0 unspecified atom stereocenters. The highest BCUT2D eigenvalue weighted by Gasteiger charge is 2.20. The molecule has 0 spiro atoms. The van der Waals surface area contributed by atoms with Gasteiger partial charge < -0.3 is 9.84 Å². The number of hydrogen-bond donors (Lipinski definition) is 1. The topological polar surface area (TPSA) is 63.6 Å². The highest BCUT2D eigenvalue weighted by atomic mass is 35.5. The molecule has 0 bridgehead atoms. The molecule has 0 aliphatic carbocycles. The Morgan fingerprint density at radius 1 is 1.05 bits per heavy atom. The molecule has 0 atom stereocenters. The van der Waals surface area contributed by atoms with Crippen molar-refractivity contribution in [2.75, 3.05) is 0 Å². The predicted octanol–water partition coefficient (Wildman–Crippen LogP) is 3.71. The maximum atomic E-state index is 12.1. The number of alkyl halides is 2. The van der Waals surface area contributed by atoms with Gasteiger partial charge in [-0.05, 0) is 30.3 Å². The number of Topliss-reactive ketones (excluding diaryl/α,β-unsaturated/α-hetero) is 2. The molecule has 22 heavy (non-hydrogen) atoms. The molecule has 0 aliphatic rings. The number of ketones is 2. The van der Waals surface area contributed by atoms with Crippen LogP contribution in [0.25, 0.3) is 0 Å². The minimum Gasteiger partial charge on any atom is -0.508 e. The average molecular weight is 327 g/mol. The molecule has 0 radical (unpaired) electrons. The van der Waals surface area contributed by atoms with E-state index in [1.807, 2.05) is 0 Å². The number of ether oxygens (including phenoxy) is 1. The summed E-state index contributed by atoms with van der Waals surface area (Å²) in [6.45, 7) is -3.05. The number of phenols is 1. The van der Waals surface area contributed by atoms with E-state index in [-0.39, 0.29) is 27.6 Å². The van der Waals surface area contributed by atoms with Gasteiger partial charge in [-0.25, -0.2) is 0 Å². The largest absolute Gasteiger partial charge is 0.508 e. The number of rotatable bonds is 5. The first kappa shape index (κ1) is 15.9. The lowest BCUT2D eigenvalue weighted by Crippen LogP contribution is -2.14. The zero-order valence-corrected chi connectivity index (χ0v) is 11.7. The molecular formula is C15H9ClF2O4. The normalized spacial score (nSPS) is 10.5. The molecule has 114 valence electrons. The van der Waals surface area contributed by atoms with Crippen LogP contribution in [0.3, 0.4) is 0 Å². The van der Waals surface area contributed by atoms with Gasteiger partial charge in [-0.1, -0.05) is 23.7 Å². The van der Waals surface area contributed by atoms with Gasteiger partial charge in [-0.2, -0.15) is 8.78 Å². The van der Waals surface area contributed by atoms with Crippen LogP contribution in [0.2, 0.25) is 5.02 Å². The number of hydrogen-bond acceptors (Lipinski definition) is 4. The zero-order valence-electron chi connectivity index (χ0n) is 10.9. The van der Waals surface area contributed by atoms with Gasteiger partial charge >= 0.3 is 6.61 Å². The third-order valence-corrected chi connectivity index (χ3v) is 3.02. The van der Waals surface area contributed by atoms with E-state index in [0.29, 0.717) is 0 Å². The fraction of sp³-hybridized carbons (Fsp3) is 0.0667. The van der Waals surface area contributed by atoms with Gasteiger partial charge in [-0.3, -0.25) is 9.59 Å². The second-order valence-corrected chi connectivity index (χ2v) is 4.64. The third-order valence-electron chi connectivity index (χ3n) is 2.72. The molecule has 0 heterocycles. The van der Waals surface area contributed by atoms with Gasteiger partial charge in [0, 0.05) is 11.1 Å². The number of benzene rings is 2. The van der Waals surface area contributed by atoms with E-state index < -0.39 is 18.2 Å². The Balaban J connectivity index is 2.26. The standard InChI is InChI=1S/C15H9ClF2O4/c16-11-7-9(4-5-12(11)22-15(17)18)14(21)13(20)8-2-1-3-10(19)6-8/h1-7,15,19H. The quantitative estimate of drug-likeness (QED) is 0.672. The first-order valence-corrected chi connectivity index (χ1v) is 6.38. The van der Waals surface area contributed by atoms with E-state index in [1.54, 1.807) is 0 Å². The number of carbonyl (C=O) groups excluding carboxylic acids is 2. The lowest BCUT2D eigenvalue weighted by molar-refractivity contribution is -0.0497. The molecule has 1 N–H and O–H groups in total. The summed E-state index contributed by atoms with van der Waals surface area (Å²) in [5.74, 6) is -2.18. The molecule has 0 amide bonds. The van der Waals surface area contributed by atoms with Crippen LogP contribution >= 0.6 is 11.6 Å². The zero-order chi connectivity index (χ0) is 16.3. The van der Waals surface area contributed by atoms with Gasteiger partial charge in [0.1, 0.15) is 11.5 Å². The Bertz CT molecular complexity index is 731. The third kappa shape index (κ3) is 3.59. The van der Waals surface area contributed by atoms with Crippen molar-refractivity contribution in [3.05, 3.63) is 58.6 Å². The fourth-order valence-electron chi connectivity index (χ4n) is 1.74. The minimum atomic E-state index is -3.05. The van der Waals surface area contributed by atoms with Crippen molar-refractivity contribution in [2.45, 2.75) is 6.61 Å². The van der Waals surface area contributed by atoms with Crippen LogP contribution in [-0.2, 0) is 0 Å². The Morgan fingerprint density at radius 2 is 1.68 bits per heavy atom. The molecule has 0 aromatic heterocycles. The molecule has 0 aliphatic heterocycles.